The molecule has 1 aliphatic heterocycles. The number of imidazole rings is 1. The minimum absolute atomic E-state index is 0.136. The number of carbonyl (C=O) groups is 1. The van der Waals surface area contributed by atoms with Gasteiger partial charge in [0.15, 0.2) is 0 Å². The first-order valence-corrected chi connectivity index (χ1v) is 13.0. The minimum atomic E-state index is 0.136. The minimum Gasteiger partial charge on any atom is -0.341 e. The number of para-hydroxylation sites is 1. The fourth-order valence-corrected chi connectivity index (χ4v) is 5.86. The van der Waals surface area contributed by atoms with Crippen LogP contribution in [0, 0.1) is 5.92 Å². The first-order valence-electron chi connectivity index (χ1n) is 13.0. The number of hydrogen-bond acceptors (Lipinski definition) is 2. The molecule has 1 saturated heterocycles. The van der Waals surface area contributed by atoms with Crippen molar-refractivity contribution in [1.29, 1.82) is 0 Å². The van der Waals surface area contributed by atoms with Gasteiger partial charge in [0.2, 0.25) is 0 Å². The van der Waals surface area contributed by atoms with E-state index in [0.717, 1.165) is 72.9 Å². The molecule has 0 N–H and O–H groups in total. The number of rotatable bonds is 5. The summed E-state index contributed by atoms with van der Waals surface area (Å²) in [6, 6.07) is 21.5. The van der Waals surface area contributed by atoms with Crippen LogP contribution in [0.15, 0.2) is 60.7 Å². The third-order valence-electron chi connectivity index (χ3n) is 7.87. The Kier molecular flexibility index (Phi) is 4.73. The molecule has 2 fully saturated rings. The lowest BCUT2D eigenvalue weighted by Crippen LogP contribution is -2.27. The van der Waals surface area contributed by atoms with Crippen molar-refractivity contribution in [1.82, 2.24) is 19.0 Å². The van der Waals surface area contributed by atoms with Gasteiger partial charge >= 0.3 is 0 Å². The fourth-order valence-electron chi connectivity index (χ4n) is 5.86. The van der Waals surface area contributed by atoms with E-state index in [-0.39, 0.29) is 5.91 Å². The lowest BCUT2D eigenvalue weighted by atomic mass is 10.1. The van der Waals surface area contributed by atoms with Gasteiger partial charge in [-0.25, -0.2) is 4.98 Å². The number of fused-ring (bicyclic) bond motifs is 4. The molecule has 1 amide bonds. The highest BCUT2D eigenvalue weighted by atomic mass is 16.2. The summed E-state index contributed by atoms with van der Waals surface area (Å²) in [5, 5.41) is 2.56. The number of aromatic nitrogens is 3. The molecule has 0 spiro atoms. The van der Waals surface area contributed by atoms with Gasteiger partial charge < -0.3 is 14.0 Å². The molecule has 0 atom stereocenters. The molecule has 0 radical (unpaired) electrons. The predicted octanol–water partition coefficient (Wildman–Crippen LogP) is 6.48. The van der Waals surface area contributed by atoms with Crippen molar-refractivity contribution in [2.24, 2.45) is 5.92 Å². The lowest BCUT2D eigenvalue weighted by Gasteiger charge is -2.15. The zero-order chi connectivity index (χ0) is 23.5. The summed E-state index contributed by atoms with van der Waals surface area (Å²) in [6.45, 7) is 5.86. The second kappa shape index (κ2) is 7.98. The van der Waals surface area contributed by atoms with Crippen LogP contribution in [0.2, 0.25) is 0 Å². The van der Waals surface area contributed by atoms with Crippen LogP contribution in [0.1, 0.15) is 43.0 Å². The van der Waals surface area contributed by atoms with Gasteiger partial charge in [0.25, 0.3) is 5.91 Å². The Morgan fingerprint density at radius 2 is 1.66 bits per heavy atom. The largest absolute Gasteiger partial charge is 0.341 e. The number of likely N-dealkylation sites (tertiary alicyclic amines) is 1. The van der Waals surface area contributed by atoms with E-state index in [4.69, 9.17) is 4.98 Å². The van der Waals surface area contributed by atoms with Gasteiger partial charge in [0, 0.05) is 59.1 Å². The summed E-state index contributed by atoms with van der Waals surface area (Å²) in [5.74, 6) is 1.87. The summed E-state index contributed by atoms with van der Waals surface area (Å²) in [6.07, 6.45) is 4.78. The van der Waals surface area contributed by atoms with Crippen molar-refractivity contribution in [3.05, 3.63) is 66.2 Å². The van der Waals surface area contributed by atoms with Gasteiger partial charge in [-0.3, -0.25) is 4.79 Å². The molecular weight excluding hydrogens is 432 g/mol. The number of benzene rings is 3. The molecule has 2 aliphatic rings. The maximum absolute atomic E-state index is 13.0. The van der Waals surface area contributed by atoms with Gasteiger partial charge in [-0.2, -0.15) is 0 Å². The summed E-state index contributed by atoms with van der Waals surface area (Å²) in [7, 11) is 0. The number of carbonyl (C=O) groups excluding carboxylic acids is 1. The molecule has 3 heterocycles. The smallest absolute Gasteiger partial charge is 0.253 e. The van der Waals surface area contributed by atoms with Crippen LogP contribution >= 0.6 is 0 Å². The maximum atomic E-state index is 13.0. The van der Waals surface area contributed by atoms with Gasteiger partial charge in [-0.05, 0) is 81.0 Å². The molecule has 35 heavy (non-hydrogen) atoms. The molecule has 176 valence electrons. The molecule has 5 aromatic rings. The van der Waals surface area contributed by atoms with Crippen LogP contribution < -0.4 is 0 Å². The average molecular weight is 463 g/mol. The van der Waals surface area contributed by atoms with Gasteiger partial charge in [0.1, 0.15) is 5.82 Å². The fraction of sp³-hybridized carbons (Fsp3) is 0.333. The molecule has 2 aromatic heterocycles. The Hall–Kier alpha value is -3.60. The Morgan fingerprint density at radius 3 is 2.46 bits per heavy atom. The zero-order valence-electron chi connectivity index (χ0n) is 20.2. The maximum Gasteiger partial charge on any atom is 0.253 e. The summed E-state index contributed by atoms with van der Waals surface area (Å²) < 4.78 is 4.77. The Morgan fingerprint density at radius 1 is 0.886 bits per heavy atom. The third kappa shape index (κ3) is 3.36. The highest BCUT2D eigenvalue weighted by molar-refractivity contribution is 6.09. The Balaban J connectivity index is 1.39. The van der Waals surface area contributed by atoms with Gasteiger partial charge in [-0.1, -0.05) is 18.2 Å². The van der Waals surface area contributed by atoms with Gasteiger partial charge in [0.05, 0.1) is 11.0 Å². The Bertz CT molecular complexity index is 1600. The van der Waals surface area contributed by atoms with E-state index in [9.17, 15) is 4.79 Å². The van der Waals surface area contributed by atoms with E-state index in [1.807, 2.05) is 17.0 Å². The molecule has 1 saturated carbocycles. The Labute approximate surface area is 205 Å². The van der Waals surface area contributed by atoms with Crippen LogP contribution in [0.5, 0.6) is 0 Å². The van der Waals surface area contributed by atoms with E-state index in [1.165, 1.54) is 34.6 Å². The topological polar surface area (TPSA) is 43.1 Å². The second-order valence-electron chi connectivity index (χ2n) is 10.2. The zero-order valence-corrected chi connectivity index (χ0v) is 20.2. The lowest BCUT2D eigenvalue weighted by molar-refractivity contribution is 0.0793. The SMILES string of the molecule is CCn1c2ccccc2c2cc(-c3nc4cc(C(=O)N5CCCC5)ccc4n3CC3CC3)ccc21. The highest BCUT2D eigenvalue weighted by Gasteiger charge is 2.26. The van der Waals surface area contributed by atoms with Crippen molar-refractivity contribution >= 4 is 38.7 Å². The first-order chi connectivity index (χ1) is 17.2. The van der Waals surface area contributed by atoms with Gasteiger partial charge in [-0.15, -0.1) is 0 Å². The van der Waals surface area contributed by atoms with Crippen molar-refractivity contribution in [3.8, 4) is 11.4 Å². The van der Waals surface area contributed by atoms with Crippen LogP contribution in [-0.2, 0) is 13.1 Å². The quantitative estimate of drug-likeness (QED) is 0.300. The molecule has 5 nitrogen and oxygen atoms in total. The van der Waals surface area contributed by atoms with Crippen LogP contribution in [0.4, 0.5) is 0 Å². The van der Waals surface area contributed by atoms with E-state index < -0.39 is 0 Å². The van der Waals surface area contributed by atoms with E-state index in [2.05, 4.69) is 64.6 Å². The monoisotopic (exact) mass is 462 g/mol. The summed E-state index contributed by atoms with van der Waals surface area (Å²) in [5.41, 5.74) is 6.48. The molecule has 0 bridgehead atoms. The molecular formula is C30H30N4O. The normalized spacial score (nSPS) is 16.2. The van der Waals surface area contributed by atoms with Crippen molar-refractivity contribution in [3.63, 3.8) is 0 Å². The number of aryl methyl sites for hydroxylation is 1. The highest BCUT2D eigenvalue weighted by Crippen LogP contribution is 2.37. The van der Waals surface area contributed by atoms with Crippen molar-refractivity contribution in [2.45, 2.75) is 45.7 Å². The second-order valence-corrected chi connectivity index (χ2v) is 10.2. The summed E-state index contributed by atoms with van der Waals surface area (Å²) >= 11 is 0. The van der Waals surface area contributed by atoms with E-state index >= 15 is 0 Å². The van der Waals surface area contributed by atoms with E-state index in [1.54, 1.807) is 0 Å². The first kappa shape index (κ1) is 20.7. The van der Waals surface area contributed by atoms with Crippen LogP contribution in [0.3, 0.4) is 0 Å². The summed E-state index contributed by atoms with van der Waals surface area (Å²) in [4.78, 5) is 20.1. The molecule has 3 aromatic carbocycles. The van der Waals surface area contributed by atoms with E-state index in [0.29, 0.717) is 0 Å². The molecule has 7 rings (SSSR count). The van der Waals surface area contributed by atoms with Crippen molar-refractivity contribution in [2.75, 3.05) is 13.1 Å². The average Bonchev–Trinajstić information content (AvgIpc) is 3.29. The van der Waals surface area contributed by atoms with Crippen molar-refractivity contribution < 1.29 is 4.79 Å². The molecule has 5 heteroatoms. The predicted molar refractivity (Wildman–Crippen MR) is 142 cm³/mol. The number of nitrogens with zero attached hydrogens (tertiary/aromatic N) is 4. The number of hydrogen-bond donors (Lipinski definition) is 0. The number of amides is 1. The third-order valence-corrected chi connectivity index (χ3v) is 7.87. The van der Waals surface area contributed by atoms with Crippen LogP contribution in [-0.4, -0.2) is 38.0 Å². The molecule has 0 unspecified atom stereocenters. The van der Waals surface area contributed by atoms with Crippen LogP contribution in [0.25, 0.3) is 44.2 Å². The molecule has 1 aliphatic carbocycles. The standard InChI is InChI=1S/C30H30N4O/c1-2-33-26-8-4-3-7-23(26)24-17-21(11-13-27(24)33)29-31-25-18-22(30(35)32-15-5-6-16-32)12-14-28(25)34(29)19-20-9-10-20/h3-4,7-8,11-14,17-18,20H,2,5-6,9-10,15-16,19H2,1H3.